The second-order valence-electron chi connectivity index (χ2n) is 6.02. The zero-order valence-corrected chi connectivity index (χ0v) is 13.1. The molecule has 0 bridgehead atoms. The van der Waals surface area contributed by atoms with Crippen molar-refractivity contribution in [3.63, 3.8) is 0 Å². The first-order chi connectivity index (χ1) is 11.7. The van der Waals surface area contributed by atoms with Crippen LogP contribution < -0.4 is 4.74 Å². The van der Waals surface area contributed by atoms with E-state index in [0.29, 0.717) is 18.8 Å². The fraction of sp³-hybridized carbons (Fsp3) is 0.211. The van der Waals surface area contributed by atoms with E-state index in [4.69, 9.17) is 4.74 Å². The highest BCUT2D eigenvalue weighted by Gasteiger charge is 2.29. The highest BCUT2D eigenvalue weighted by Crippen LogP contribution is 2.41. The average Bonchev–Trinajstić information content (AvgIpc) is 2.97. The van der Waals surface area contributed by atoms with Gasteiger partial charge in [0.1, 0.15) is 23.2 Å². The molecule has 1 aromatic carbocycles. The van der Waals surface area contributed by atoms with E-state index in [-0.39, 0.29) is 11.5 Å². The Labute approximate surface area is 138 Å². The monoisotopic (exact) mass is 319 g/mol. The van der Waals surface area contributed by atoms with Gasteiger partial charge < -0.3 is 4.74 Å². The fourth-order valence-corrected chi connectivity index (χ4v) is 3.24. The molecule has 0 aliphatic carbocycles. The molecule has 2 aromatic heterocycles. The molecule has 1 aliphatic rings. The van der Waals surface area contributed by atoms with E-state index in [0.717, 1.165) is 27.7 Å². The Morgan fingerprint density at radius 2 is 2.21 bits per heavy atom. The van der Waals surface area contributed by atoms with Crippen LogP contribution in [-0.2, 0) is 6.42 Å². The predicted molar refractivity (Wildman–Crippen MR) is 87.4 cm³/mol. The highest BCUT2D eigenvalue weighted by molar-refractivity contribution is 5.74. The second-order valence-corrected chi connectivity index (χ2v) is 6.02. The minimum absolute atomic E-state index is 0.00333. The van der Waals surface area contributed by atoms with E-state index >= 15 is 0 Å². The molecule has 3 heterocycles. The van der Waals surface area contributed by atoms with Crippen LogP contribution in [0.2, 0.25) is 0 Å². The zero-order valence-electron chi connectivity index (χ0n) is 13.1. The van der Waals surface area contributed by atoms with Gasteiger partial charge in [-0.3, -0.25) is 9.97 Å². The van der Waals surface area contributed by atoms with Gasteiger partial charge in [-0.15, -0.1) is 0 Å². The van der Waals surface area contributed by atoms with Crippen LogP contribution in [0.3, 0.4) is 0 Å². The summed E-state index contributed by atoms with van der Waals surface area (Å²) in [6, 6.07) is 9.07. The van der Waals surface area contributed by atoms with E-state index in [2.05, 4.69) is 9.97 Å². The summed E-state index contributed by atoms with van der Waals surface area (Å²) in [5.74, 6) is -0.00617. The topological polar surface area (TPSA) is 58.8 Å². The van der Waals surface area contributed by atoms with E-state index in [1.54, 1.807) is 12.4 Å². The molecule has 0 saturated heterocycles. The zero-order chi connectivity index (χ0) is 16.7. The normalized spacial score (nSPS) is 15.8. The minimum atomic E-state index is -0.535. The summed E-state index contributed by atoms with van der Waals surface area (Å²) in [5, 5.41) is 9.18. The molecule has 0 saturated carbocycles. The summed E-state index contributed by atoms with van der Waals surface area (Å²) in [4.78, 5) is 8.72. The molecule has 24 heavy (non-hydrogen) atoms. The van der Waals surface area contributed by atoms with Gasteiger partial charge in [0.15, 0.2) is 0 Å². The number of fused-ring (bicyclic) bond motifs is 2. The van der Waals surface area contributed by atoms with Crippen molar-refractivity contribution in [2.75, 3.05) is 6.61 Å². The molecule has 5 heteroatoms. The quantitative estimate of drug-likeness (QED) is 0.722. The number of benzene rings is 1. The number of halogens is 1. The first-order valence-corrected chi connectivity index (χ1v) is 7.75. The molecule has 0 fully saturated rings. The SMILES string of the molecule is CC1COc2c(C#N)c(F)cc(Cc3cnc4cccnc4c3)c21. The van der Waals surface area contributed by atoms with Crippen LogP contribution in [0.15, 0.2) is 36.7 Å². The molecule has 0 spiro atoms. The molecular weight excluding hydrogens is 305 g/mol. The van der Waals surface area contributed by atoms with Gasteiger partial charge in [0.2, 0.25) is 0 Å². The van der Waals surface area contributed by atoms with E-state index in [1.807, 2.05) is 31.2 Å². The number of hydrogen-bond donors (Lipinski definition) is 0. The van der Waals surface area contributed by atoms with E-state index in [9.17, 15) is 9.65 Å². The van der Waals surface area contributed by atoms with Crippen LogP contribution in [0.25, 0.3) is 11.0 Å². The van der Waals surface area contributed by atoms with Gasteiger partial charge in [-0.25, -0.2) is 4.39 Å². The van der Waals surface area contributed by atoms with Gasteiger partial charge in [-0.1, -0.05) is 6.92 Å². The smallest absolute Gasteiger partial charge is 0.145 e. The molecule has 118 valence electrons. The molecule has 1 atom stereocenters. The summed E-state index contributed by atoms with van der Waals surface area (Å²) >= 11 is 0. The number of hydrogen-bond acceptors (Lipinski definition) is 4. The number of nitrogens with zero attached hydrogens (tertiary/aromatic N) is 3. The molecule has 4 rings (SSSR count). The Bertz CT molecular complexity index is 994. The first-order valence-electron chi connectivity index (χ1n) is 7.75. The number of rotatable bonds is 2. The minimum Gasteiger partial charge on any atom is -0.491 e. The number of ether oxygens (including phenoxy) is 1. The standard InChI is InChI=1S/C19H14FN3O/c1-11-10-24-19-14(8-21)15(20)7-13(18(11)19)5-12-6-17-16(23-9-12)3-2-4-22-17/h2-4,6-7,9,11H,5,10H2,1H3. The summed E-state index contributed by atoms with van der Waals surface area (Å²) in [6.07, 6.45) is 4.04. The van der Waals surface area contributed by atoms with Crippen molar-refractivity contribution in [3.05, 3.63) is 64.7 Å². The average molecular weight is 319 g/mol. The van der Waals surface area contributed by atoms with Crippen LogP contribution in [0.5, 0.6) is 5.75 Å². The molecule has 0 radical (unpaired) electrons. The van der Waals surface area contributed by atoms with Crippen molar-refractivity contribution in [2.24, 2.45) is 0 Å². The third kappa shape index (κ3) is 2.28. The van der Waals surface area contributed by atoms with Crippen molar-refractivity contribution in [2.45, 2.75) is 19.3 Å². The van der Waals surface area contributed by atoms with E-state index in [1.165, 1.54) is 6.07 Å². The maximum absolute atomic E-state index is 14.3. The van der Waals surface area contributed by atoms with Crippen LogP contribution in [0.4, 0.5) is 4.39 Å². The highest BCUT2D eigenvalue weighted by atomic mass is 19.1. The van der Waals surface area contributed by atoms with Crippen LogP contribution >= 0.6 is 0 Å². The largest absolute Gasteiger partial charge is 0.491 e. The molecule has 4 nitrogen and oxygen atoms in total. The van der Waals surface area contributed by atoms with Gasteiger partial charge in [-0.2, -0.15) is 5.26 Å². The van der Waals surface area contributed by atoms with Crippen LogP contribution in [0.1, 0.15) is 35.1 Å². The summed E-state index contributed by atoms with van der Waals surface area (Å²) in [7, 11) is 0. The summed E-state index contributed by atoms with van der Waals surface area (Å²) in [6.45, 7) is 2.49. The lowest BCUT2D eigenvalue weighted by Gasteiger charge is -2.12. The Kier molecular flexibility index (Phi) is 3.39. The summed E-state index contributed by atoms with van der Waals surface area (Å²) in [5.41, 5.74) is 4.35. The Balaban J connectivity index is 1.81. The Morgan fingerprint density at radius 3 is 3.04 bits per heavy atom. The van der Waals surface area contributed by atoms with E-state index < -0.39 is 5.82 Å². The van der Waals surface area contributed by atoms with Crippen molar-refractivity contribution in [1.29, 1.82) is 5.26 Å². The molecule has 1 unspecified atom stereocenters. The first kappa shape index (κ1) is 14.6. The maximum atomic E-state index is 14.3. The molecular formula is C19H14FN3O. The number of aromatic nitrogens is 2. The van der Waals surface area contributed by atoms with Crippen LogP contribution in [-0.4, -0.2) is 16.6 Å². The lowest BCUT2D eigenvalue weighted by atomic mass is 9.91. The molecule has 1 aliphatic heterocycles. The Morgan fingerprint density at radius 1 is 1.33 bits per heavy atom. The molecule has 3 aromatic rings. The Hall–Kier alpha value is -3.00. The summed E-state index contributed by atoms with van der Waals surface area (Å²) < 4.78 is 19.8. The van der Waals surface area contributed by atoms with Gasteiger partial charge >= 0.3 is 0 Å². The van der Waals surface area contributed by atoms with Crippen molar-refractivity contribution in [3.8, 4) is 11.8 Å². The number of nitriles is 1. The lowest BCUT2D eigenvalue weighted by molar-refractivity contribution is 0.335. The third-order valence-electron chi connectivity index (χ3n) is 4.34. The fourth-order valence-electron chi connectivity index (χ4n) is 3.24. The lowest BCUT2D eigenvalue weighted by Crippen LogP contribution is -2.01. The van der Waals surface area contributed by atoms with Gasteiger partial charge in [-0.05, 0) is 41.8 Å². The predicted octanol–water partition coefficient (Wildman–Crippen LogP) is 3.73. The molecule has 0 N–H and O–H groups in total. The van der Waals surface area contributed by atoms with Gasteiger partial charge in [0.05, 0.1) is 17.6 Å². The van der Waals surface area contributed by atoms with Crippen molar-refractivity contribution in [1.82, 2.24) is 9.97 Å². The maximum Gasteiger partial charge on any atom is 0.145 e. The third-order valence-corrected chi connectivity index (χ3v) is 4.34. The van der Waals surface area contributed by atoms with Crippen molar-refractivity contribution >= 4 is 11.0 Å². The van der Waals surface area contributed by atoms with Gasteiger partial charge in [0.25, 0.3) is 0 Å². The molecule has 0 amide bonds. The second kappa shape index (κ2) is 5.57. The van der Waals surface area contributed by atoms with Crippen molar-refractivity contribution < 1.29 is 9.13 Å². The van der Waals surface area contributed by atoms with Crippen LogP contribution in [0, 0.1) is 17.1 Å². The number of pyridine rings is 2. The van der Waals surface area contributed by atoms with Gasteiger partial charge in [0, 0.05) is 23.9 Å².